The number of fused-ring (bicyclic) bond motifs is 13. The summed E-state index contributed by atoms with van der Waals surface area (Å²) >= 11 is 0. The van der Waals surface area contributed by atoms with Gasteiger partial charge in [-0.05, 0) is 126 Å². The Kier molecular flexibility index (Phi) is 8.96. The van der Waals surface area contributed by atoms with Gasteiger partial charge in [0.1, 0.15) is 11.2 Å². The predicted molar refractivity (Wildman–Crippen MR) is 314 cm³/mol. The third kappa shape index (κ3) is 5.80. The first-order chi connectivity index (χ1) is 35.8. The van der Waals surface area contributed by atoms with Gasteiger partial charge in [-0.2, -0.15) is 0 Å². The van der Waals surface area contributed by atoms with E-state index < -0.39 is 8.07 Å². The molecule has 0 saturated heterocycles. The first-order valence-corrected chi connectivity index (χ1v) is 28.6. The van der Waals surface area contributed by atoms with Gasteiger partial charge in [-0.15, -0.1) is 0 Å². The Labute approximate surface area is 435 Å². The van der Waals surface area contributed by atoms with Gasteiger partial charge in [-0.25, -0.2) is 0 Å². The van der Waals surface area contributed by atoms with Crippen LogP contribution in [-0.2, 0) is 16.2 Å². The molecule has 74 heavy (non-hydrogen) atoms. The lowest BCUT2D eigenvalue weighted by atomic mass is 9.43. The van der Waals surface area contributed by atoms with Gasteiger partial charge in [0.15, 0.2) is 13.7 Å². The summed E-state index contributed by atoms with van der Waals surface area (Å²) in [6.07, 6.45) is 2.24. The van der Waals surface area contributed by atoms with Crippen LogP contribution >= 0.6 is 0 Å². The summed E-state index contributed by atoms with van der Waals surface area (Å²) in [5, 5.41) is 8.92. The van der Waals surface area contributed by atoms with Crippen molar-refractivity contribution in [3.63, 3.8) is 0 Å². The second kappa shape index (κ2) is 15.1. The number of hydrogen-bond acceptors (Lipinski definition) is 4. The molecular weight excluding hydrogens is 916 g/mol. The Morgan fingerprint density at radius 1 is 0.486 bits per heavy atom. The van der Waals surface area contributed by atoms with Crippen LogP contribution < -0.4 is 41.4 Å². The fraction of sp³-hybridized carbons (Fsp3) is 0.176. The van der Waals surface area contributed by atoms with Gasteiger partial charge in [0, 0.05) is 44.1 Å². The van der Waals surface area contributed by atoms with Crippen LogP contribution in [0.5, 0.6) is 0 Å². The van der Waals surface area contributed by atoms with Crippen LogP contribution in [0.15, 0.2) is 203 Å². The molecule has 0 amide bonds. The highest BCUT2D eigenvalue weighted by Crippen LogP contribution is 2.55. The van der Waals surface area contributed by atoms with Crippen LogP contribution in [0, 0.1) is 0 Å². The molecule has 11 aromatic rings. The number of anilines is 5. The van der Waals surface area contributed by atoms with Crippen molar-refractivity contribution in [1.29, 1.82) is 0 Å². The highest BCUT2D eigenvalue weighted by molar-refractivity contribution is 7.22. The Balaban J connectivity index is 1.16. The molecule has 9 aromatic carbocycles. The van der Waals surface area contributed by atoms with Gasteiger partial charge in [-0.3, -0.25) is 4.90 Å². The van der Waals surface area contributed by atoms with Crippen LogP contribution in [0.4, 0.5) is 28.6 Å². The number of rotatable bonds is 4. The van der Waals surface area contributed by atoms with E-state index in [1.165, 1.54) is 76.3 Å². The molecule has 5 heterocycles. The summed E-state index contributed by atoms with van der Waals surface area (Å²) in [5.74, 6) is 0.841. The van der Waals surface area contributed by atoms with Crippen molar-refractivity contribution in [3.05, 3.63) is 211 Å². The largest absolute Gasteiger partial charge is 0.454 e. The van der Waals surface area contributed by atoms with Crippen molar-refractivity contribution in [1.82, 2.24) is 0 Å². The molecule has 0 fully saturated rings. The molecule has 15 rings (SSSR count). The first-order valence-electron chi connectivity index (χ1n) is 26.6. The lowest BCUT2D eigenvalue weighted by molar-refractivity contribution is 0.332. The van der Waals surface area contributed by atoms with Gasteiger partial charge in [-0.1, -0.05) is 200 Å². The molecule has 0 atom stereocenters. The highest BCUT2D eigenvalue weighted by Gasteiger charge is 2.57. The molecule has 0 unspecified atom stereocenters. The zero-order valence-electron chi connectivity index (χ0n) is 43.2. The average Bonchev–Trinajstić information content (AvgIpc) is 4.03. The summed E-state index contributed by atoms with van der Waals surface area (Å²) in [5.41, 5.74) is 18.4. The van der Waals surface area contributed by atoms with E-state index in [1.54, 1.807) is 0 Å². The van der Waals surface area contributed by atoms with Crippen molar-refractivity contribution in [3.8, 4) is 22.3 Å². The minimum absolute atomic E-state index is 0.0147. The van der Waals surface area contributed by atoms with Gasteiger partial charge in [0.25, 0.3) is 0 Å². The first kappa shape index (κ1) is 43.8. The lowest BCUT2D eigenvalue weighted by Crippen LogP contribution is -2.79. The Hall–Kier alpha value is -7.80. The third-order valence-corrected chi connectivity index (χ3v) is 22.6. The maximum absolute atomic E-state index is 7.81. The van der Waals surface area contributed by atoms with Crippen molar-refractivity contribution in [2.75, 3.05) is 9.71 Å². The predicted octanol–water partition coefficient (Wildman–Crippen LogP) is 14.0. The van der Waals surface area contributed by atoms with Gasteiger partial charge >= 0.3 is 6.85 Å². The van der Waals surface area contributed by atoms with Crippen LogP contribution in [0.3, 0.4) is 0 Å². The van der Waals surface area contributed by atoms with Gasteiger partial charge < -0.3 is 13.6 Å². The number of furan rings is 2. The van der Waals surface area contributed by atoms with E-state index in [4.69, 9.17) is 8.83 Å². The van der Waals surface area contributed by atoms with Gasteiger partial charge in [0.2, 0.25) is 5.88 Å². The molecule has 0 saturated carbocycles. The number of nitrogens with zero attached hydrogens (tertiary/aromatic N) is 2. The topological polar surface area (TPSA) is 32.8 Å². The molecule has 0 spiro atoms. The molecule has 358 valence electrons. The van der Waals surface area contributed by atoms with E-state index in [-0.39, 0.29) is 23.1 Å². The summed E-state index contributed by atoms with van der Waals surface area (Å²) in [6.45, 7) is 16.4. The molecule has 6 heteroatoms. The standard InChI is InChI=1S/C68H57BN2O2Si/c1-66(2,3)43-34-35-54(48(38-43)42-22-11-8-12-23-42)70-63-60-49(39-50-46-28-17-19-31-56(46)72-64(50)63)47-29-21-33-59-62(47)71(55-30-18-20-32-58(55)74(59,44-24-13-9-14-25-44)45-26-15-10-16-27-45)69(60)61-51-40-52-53(41-57(51)73-65(61)70)68(6,7)37-36-67(52,4)5/h8-35,38-41H,36-37H2,1-7H3. The molecule has 0 radical (unpaired) electrons. The lowest BCUT2D eigenvalue weighted by Gasteiger charge is -2.51. The SMILES string of the molecule is CC(C)(C)c1ccc(N2c3oc4cc5c(cc4c3B3c4c(cc6c(oc7ccccc76)c42)-c2cccc4c2N3c2ccccc2[Si]4(c2ccccc2)c2ccccc2)C(C)(C)CCC5(C)C)c(-c2ccccc2)c1. The number of hydrogen-bond donors (Lipinski definition) is 0. The van der Waals surface area contributed by atoms with E-state index >= 15 is 0 Å². The Morgan fingerprint density at radius 3 is 1.84 bits per heavy atom. The van der Waals surface area contributed by atoms with E-state index in [9.17, 15) is 0 Å². The van der Waals surface area contributed by atoms with E-state index in [2.05, 4.69) is 252 Å². The maximum Gasteiger partial charge on any atom is 0.337 e. The normalized spacial score (nSPS) is 16.4. The van der Waals surface area contributed by atoms with E-state index in [0.717, 1.165) is 68.7 Å². The summed E-state index contributed by atoms with van der Waals surface area (Å²) in [7, 11) is -2.99. The third-order valence-electron chi connectivity index (χ3n) is 17.7. The molecule has 1 aliphatic carbocycles. The fourth-order valence-electron chi connectivity index (χ4n) is 14.0. The van der Waals surface area contributed by atoms with E-state index in [1.807, 2.05) is 0 Å². The van der Waals surface area contributed by atoms with Crippen molar-refractivity contribution >= 4 is 108 Å². The van der Waals surface area contributed by atoms with Crippen molar-refractivity contribution in [2.24, 2.45) is 0 Å². The van der Waals surface area contributed by atoms with Gasteiger partial charge in [0.05, 0.1) is 11.4 Å². The molecule has 4 nitrogen and oxygen atoms in total. The molecular formula is C68H57BN2O2Si. The van der Waals surface area contributed by atoms with Crippen molar-refractivity contribution in [2.45, 2.75) is 77.6 Å². The second-order valence-electron chi connectivity index (χ2n) is 23.8. The van der Waals surface area contributed by atoms with E-state index in [0.29, 0.717) is 0 Å². The fourth-order valence-corrected chi connectivity index (χ4v) is 19.1. The van der Waals surface area contributed by atoms with Crippen LogP contribution in [0.25, 0.3) is 55.2 Å². The molecule has 0 N–H and O–H groups in total. The summed E-state index contributed by atoms with van der Waals surface area (Å²) in [4.78, 5) is 5.23. The zero-order valence-corrected chi connectivity index (χ0v) is 44.2. The average molecular weight is 973 g/mol. The molecule has 3 aliphatic heterocycles. The Bertz CT molecular complexity index is 4110. The highest BCUT2D eigenvalue weighted by atomic mass is 28.3. The number of benzene rings is 9. The second-order valence-corrected chi connectivity index (χ2v) is 27.5. The summed E-state index contributed by atoms with van der Waals surface area (Å²) in [6, 6.07) is 73.6. The monoisotopic (exact) mass is 972 g/mol. The quantitative estimate of drug-likeness (QED) is 0.165. The summed E-state index contributed by atoms with van der Waals surface area (Å²) < 4.78 is 15.2. The molecule has 2 aromatic heterocycles. The zero-order chi connectivity index (χ0) is 50.0. The Morgan fingerprint density at radius 2 is 1.12 bits per heavy atom. The maximum atomic E-state index is 7.81. The smallest absolute Gasteiger partial charge is 0.337 e. The van der Waals surface area contributed by atoms with Crippen LogP contribution in [0.2, 0.25) is 0 Å². The molecule has 0 bridgehead atoms. The minimum atomic E-state index is -2.99. The minimum Gasteiger partial charge on any atom is -0.454 e. The molecule has 4 aliphatic rings. The number of para-hydroxylation sites is 3. The van der Waals surface area contributed by atoms with Crippen LogP contribution in [0.1, 0.15) is 78.0 Å². The van der Waals surface area contributed by atoms with Crippen LogP contribution in [-0.4, -0.2) is 14.9 Å². The van der Waals surface area contributed by atoms with Crippen molar-refractivity contribution < 1.29 is 8.83 Å².